The minimum Gasteiger partial charge on any atom is -0.381 e. The molecule has 0 amide bonds. The quantitative estimate of drug-likeness (QED) is 0.672. The average molecular weight is 258 g/mol. The molecule has 4 heteroatoms. The Labute approximate surface area is 109 Å². The molecule has 0 aliphatic carbocycles. The highest BCUT2D eigenvalue weighted by atomic mass is 35.5. The molecule has 0 atom stereocenters. The van der Waals surface area contributed by atoms with E-state index in [4.69, 9.17) is 17.3 Å². The van der Waals surface area contributed by atoms with E-state index in [2.05, 4.69) is 12.0 Å². The van der Waals surface area contributed by atoms with Gasteiger partial charge in [0.25, 0.3) is 0 Å². The van der Waals surface area contributed by atoms with Crippen LogP contribution < -0.4 is 5.73 Å². The number of aromatic nitrogens is 2. The first-order chi connectivity index (χ1) is 8.24. The summed E-state index contributed by atoms with van der Waals surface area (Å²) in [6.07, 6.45) is 12.4. The van der Waals surface area contributed by atoms with Crippen LogP contribution in [-0.4, -0.2) is 9.78 Å². The standard InChI is InChI=1S/C13H24ClN3/c1-2-3-4-5-6-7-8-9-10-17-11-12(14)13(15)16-17/h11H,2-10H2,1H3,(H2,15,16). The predicted octanol–water partition coefficient (Wildman–Crippen LogP) is 4.26. The van der Waals surface area contributed by atoms with E-state index in [1.807, 2.05) is 4.68 Å². The number of halogens is 1. The highest BCUT2D eigenvalue weighted by molar-refractivity contribution is 6.32. The first kappa shape index (κ1) is 14.4. The van der Waals surface area contributed by atoms with Gasteiger partial charge in [-0.1, -0.05) is 63.5 Å². The summed E-state index contributed by atoms with van der Waals surface area (Å²) in [4.78, 5) is 0. The lowest BCUT2D eigenvalue weighted by Crippen LogP contribution is -1.99. The van der Waals surface area contributed by atoms with Crippen molar-refractivity contribution in [2.45, 2.75) is 64.8 Å². The Morgan fingerprint density at radius 2 is 1.71 bits per heavy atom. The van der Waals surface area contributed by atoms with Crippen LogP contribution in [0.1, 0.15) is 58.3 Å². The molecular weight excluding hydrogens is 234 g/mol. The Bertz CT molecular complexity index is 290. The number of unbranched alkanes of at least 4 members (excludes halogenated alkanes) is 7. The van der Waals surface area contributed by atoms with Crippen LogP contribution >= 0.6 is 11.6 Å². The molecule has 0 radical (unpaired) electrons. The van der Waals surface area contributed by atoms with Crippen LogP contribution in [0.4, 0.5) is 5.82 Å². The van der Waals surface area contributed by atoms with Crippen molar-refractivity contribution in [3.63, 3.8) is 0 Å². The Balaban J connectivity index is 1.97. The summed E-state index contributed by atoms with van der Waals surface area (Å²) in [5.41, 5.74) is 5.58. The number of nitrogen functional groups attached to an aromatic ring is 1. The molecule has 0 saturated carbocycles. The van der Waals surface area contributed by atoms with Crippen molar-refractivity contribution in [1.82, 2.24) is 9.78 Å². The maximum absolute atomic E-state index is 5.83. The molecule has 0 spiro atoms. The van der Waals surface area contributed by atoms with E-state index in [0.717, 1.165) is 13.0 Å². The third-order valence-electron chi connectivity index (χ3n) is 2.98. The zero-order valence-corrected chi connectivity index (χ0v) is 11.5. The zero-order chi connectivity index (χ0) is 12.5. The number of hydrogen-bond acceptors (Lipinski definition) is 2. The number of hydrogen-bond donors (Lipinski definition) is 1. The fraction of sp³-hybridized carbons (Fsp3) is 0.769. The van der Waals surface area contributed by atoms with Crippen molar-refractivity contribution in [1.29, 1.82) is 0 Å². The molecule has 1 aromatic heterocycles. The highest BCUT2D eigenvalue weighted by Gasteiger charge is 2.01. The molecule has 1 heterocycles. The summed E-state index contributed by atoms with van der Waals surface area (Å²) in [7, 11) is 0. The van der Waals surface area contributed by atoms with Crippen LogP contribution in [0.2, 0.25) is 5.02 Å². The number of anilines is 1. The maximum atomic E-state index is 5.83. The summed E-state index contributed by atoms with van der Waals surface area (Å²) >= 11 is 5.83. The Morgan fingerprint density at radius 3 is 2.24 bits per heavy atom. The molecule has 2 N–H and O–H groups in total. The summed E-state index contributed by atoms with van der Waals surface area (Å²) in [5, 5.41) is 4.69. The number of nitrogens with zero attached hydrogens (tertiary/aromatic N) is 2. The fourth-order valence-corrected chi connectivity index (χ4v) is 2.08. The van der Waals surface area contributed by atoms with Crippen LogP contribution in [0.25, 0.3) is 0 Å². The van der Waals surface area contributed by atoms with Crippen LogP contribution in [0, 0.1) is 0 Å². The second-order valence-electron chi connectivity index (χ2n) is 4.60. The lowest BCUT2D eigenvalue weighted by Gasteiger charge is -2.02. The Morgan fingerprint density at radius 1 is 1.12 bits per heavy atom. The van der Waals surface area contributed by atoms with Gasteiger partial charge in [0.1, 0.15) is 5.02 Å². The molecule has 0 aromatic carbocycles. The normalized spacial score (nSPS) is 10.9. The lowest BCUT2D eigenvalue weighted by molar-refractivity contribution is 0.521. The first-order valence-corrected chi connectivity index (χ1v) is 7.10. The van der Waals surface area contributed by atoms with Gasteiger partial charge >= 0.3 is 0 Å². The van der Waals surface area contributed by atoms with Gasteiger partial charge in [-0.2, -0.15) is 5.10 Å². The van der Waals surface area contributed by atoms with Gasteiger partial charge < -0.3 is 5.73 Å². The number of nitrogens with two attached hydrogens (primary N) is 1. The van der Waals surface area contributed by atoms with E-state index in [-0.39, 0.29) is 0 Å². The van der Waals surface area contributed by atoms with Gasteiger partial charge in [0.2, 0.25) is 0 Å². The topological polar surface area (TPSA) is 43.8 Å². The molecule has 3 nitrogen and oxygen atoms in total. The molecule has 0 fully saturated rings. The molecule has 0 aliphatic heterocycles. The average Bonchev–Trinajstić information content (AvgIpc) is 2.62. The summed E-state index contributed by atoms with van der Waals surface area (Å²) in [6, 6.07) is 0. The summed E-state index contributed by atoms with van der Waals surface area (Å²) < 4.78 is 1.84. The van der Waals surface area contributed by atoms with Gasteiger partial charge in [-0.05, 0) is 6.42 Å². The van der Waals surface area contributed by atoms with E-state index < -0.39 is 0 Å². The predicted molar refractivity (Wildman–Crippen MR) is 74.3 cm³/mol. The first-order valence-electron chi connectivity index (χ1n) is 6.72. The third kappa shape index (κ3) is 5.97. The van der Waals surface area contributed by atoms with E-state index in [9.17, 15) is 0 Å². The fourth-order valence-electron chi connectivity index (χ4n) is 1.93. The second-order valence-corrected chi connectivity index (χ2v) is 5.01. The van der Waals surface area contributed by atoms with Crippen molar-refractivity contribution in [3.05, 3.63) is 11.2 Å². The highest BCUT2D eigenvalue weighted by Crippen LogP contribution is 2.16. The summed E-state index contributed by atoms with van der Waals surface area (Å²) in [5.74, 6) is 0.436. The van der Waals surface area contributed by atoms with Crippen molar-refractivity contribution >= 4 is 17.4 Å². The monoisotopic (exact) mass is 257 g/mol. The van der Waals surface area contributed by atoms with E-state index in [1.165, 1.54) is 44.9 Å². The third-order valence-corrected chi connectivity index (χ3v) is 3.28. The largest absolute Gasteiger partial charge is 0.381 e. The number of aryl methyl sites for hydroxylation is 1. The van der Waals surface area contributed by atoms with Gasteiger partial charge in [-0.25, -0.2) is 0 Å². The number of rotatable bonds is 9. The molecule has 1 aromatic rings. The van der Waals surface area contributed by atoms with E-state index in [1.54, 1.807) is 6.20 Å². The van der Waals surface area contributed by atoms with E-state index in [0.29, 0.717) is 10.8 Å². The summed E-state index contributed by atoms with van der Waals surface area (Å²) in [6.45, 7) is 3.17. The SMILES string of the molecule is CCCCCCCCCCn1cc(Cl)c(N)n1. The Kier molecular flexibility index (Phi) is 7.10. The lowest BCUT2D eigenvalue weighted by atomic mass is 10.1. The minimum atomic E-state index is 0.436. The molecule has 98 valence electrons. The van der Waals surface area contributed by atoms with Gasteiger partial charge in [0, 0.05) is 12.7 Å². The Hall–Kier alpha value is -0.700. The molecule has 0 aliphatic rings. The van der Waals surface area contributed by atoms with Crippen LogP contribution in [-0.2, 0) is 6.54 Å². The van der Waals surface area contributed by atoms with Crippen molar-refractivity contribution in [2.24, 2.45) is 0 Å². The van der Waals surface area contributed by atoms with Crippen molar-refractivity contribution < 1.29 is 0 Å². The molecule has 17 heavy (non-hydrogen) atoms. The molecule has 0 bridgehead atoms. The molecule has 0 saturated heterocycles. The van der Waals surface area contributed by atoms with Crippen LogP contribution in [0.5, 0.6) is 0 Å². The molecule has 1 rings (SSSR count). The van der Waals surface area contributed by atoms with Gasteiger partial charge in [0.15, 0.2) is 5.82 Å². The van der Waals surface area contributed by atoms with Gasteiger partial charge in [-0.15, -0.1) is 0 Å². The second kappa shape index (κ2) is 8.40. The van der Waals surface area contributed by atoms with Crippen LogP contribution in [0.15, 0.2) is 6.20 Å². The van der Waals surface area contributed by atoms with Crippen molar-refractivity contribution in [2.75, 3.05) is 5.73 Å². The molecule has 0 unspecified atom stereocenters. The van der Waals surface area contributed by atoms with Crippen molar-refractivity contribution in [3.8, 4) is 0 Å². The zero-order valence-electron chi connectivity index (χ0n) is 10.8. The van der Waals surface area contributed by atoms with Crippen LogP contribution in [0.3, 0.4) is 0 Å². The maximum Gasteiger partial charge on any atom is 0.164 e. The van der Waals surface area contributed by atoms with Gasteiger partial charge in [0.05, 0.1) is 0 Å². The molecular formula is C13H24ClN3. The minimum absolute atomic E-state index is 0.436. The van der Waals surface area contributed by atoms with E-state index >= 15 is 0 Å². The smallest absolute Gasteiger partial charge is 0.164 e. The van der Waals surface area contributed by atoms with Gasteiger partial charge in [-0.3, -0.25) is 4.68 Å².